The summed E-state index contributed by atoms with van der Waals surface area (Å²) in [6.07, 6.45) is 4.70. The maximum Gasteiger partial charge on any atom is 0.256 e. The van der Waals surface area contributed by atoms with E-state index in [1.807, 2.05) is 11.8 Å². The van der Waals surface area contributed by atoms with E-state index in [9.17, 15) is 9.18 Å². The summed E-state index contributed by atoms with van der Waals surface area (Å²) in [6, 6.07) is 6.00. The highest BCUT2D eigenvalue weighted by molar-refractivity contribution is 6.38. The first-order valence-electron chi connectivity index (χ1n) is 8.65. The summed E-state index contributed by atoms with van der Waals surface area (Å²) in [6.45, 7) is 3.33. The Morgan fingerprint density at radius 3 is 2.54 bits per heavy atom. The van der Waals surface area contributed by atoms with Crippen molar-refractivity contribution in [2.75, 3.05) is 13.1 Å². The van der Waals surface area contributed by atoms with Crippen LogP contribution in [0.25, 0.3) is 16.7 Å². The van der Waals surface area contributed by atoms with Gasteiger partial charge in [0.15, 0.2) is 5.65 Å². The second-order valence-electron chi connectivity index (χ2n) is 6.51. The monoisotopic (exact) mass is 372 g/mol. The lowest BCUT2D eigenvalue weighted by atomic mass is 10.1. The number of piperidine rings is 1. The van der Waals surface area contributed by atoms with Crippen molar-refractivity contribution in [1.82, 2.24) is 19.7 Å². The van der Waals surface area contributed by atoms with Crippen LogP contribution < -0.4 is 0 Å². The molecular formula is C19H18ClFN4O. The standard InChI is InChI=1S/C19H18ClFN4O/c1-12-16-17(20)15(19(26)24-9-3-2-4-10-24)11-22-18(16)25(23-12)14-7-5-13(21)6-8-14/h5-8,11H,2-4,9-10H2,1H3. The van der Waals surface area contributed by atoms with Crippen LogP contribution in [0.1, 0.15) is 35.3 Å². The number of fused-ring (bicyclic) bond motifs is 1. The van der Waals surface area contributed by atoms with Gasteiger partial charge >= 0.3 is 0 Å². The molecule has 0 bridgehead atoms. The van der Waals surface area contributed by atoms with E-state index in [1.165, 1.54) is 18.3 Å². The molecule has 134 valence electrons. The summed E-state index contributed by atoms with van der Waals surface area (Å²) in [5.41, 5.74) is 2.32. The van der Waals surface area contributed by atoms with Gasteiger partial charge in [0.2, 0.25) is 0 Å². The summed E-state index contributed by atoms with van der Waals surface area (Å²) < 4.78 is 14.8. The van der Waals surface area contributed by atoms with Crippen LogP contribution in [-0.2, 0) is 0 Å². The van der Waals surface area contributed by atoms with Crippen molar-refractivity contribution in [2.45, 2.75) is 26.2 Å². The van der Waals surface area contributed by atoms with Gasteiger partial charge < -0.3 is 4.90 Å². The van der Waals surface area contributed by atoms with Crippen molar-refractivity contribution >= 4 is 28.5 Å². The van der Waals surface area contributed by atoms with Gasteiger partial charge in [-0.1, -0.05) is 11.6 Å². The van der Waals surface area contributed by atoms with E-state index < -0.39 is 0 Å². The van der Waals surface area contributed by atoms with Crippen LogP contribution in [0.2, 0.25) is 5.02 Å². The number of rotatable bonds is 2. The van der Waals surface area contributed by atoms with Crippen molar-refractivity contribution in [3.05, 3.63) is 52.6 Å². The molecule has 1 aliphatic rings. The maximum atomic E-state index is 13.2. The number of halogens is 2. The maximum absolute atomic E-state index is 13.2. The lowest BCUT2D eigenvalue weighted by Crippen LogP contribution is -2.35. The van der Waals surface area contributed by atoms with Gasteiger partial charge in [-0.25, -0.2) is 14.1 Å². The van der Waals surface area contributed by atoms with E-state index in [1.54, 1.807) is 16.8 Å². The van der Waals surface area contributed by atoms with Gasteiger partial charge in [-0.05, 0) is 50.5 Å². The van der Waals surface area contributed by atoms with Gasteiger partial charge in [-0.15, -0.1) is 0 Å². The zero-order chi connectivity index (χ0) is 18.3. The van der Waals surface area contributed by atoms with E-state index in [4.69, 9.17) is 11.6 Å². The molecule has 0 unspecified atom stereocenters. The van der Waals surface area contributed by atoms with Crippen molar-refractivity contribution in [3.63, 3.8) is 0 Å². The van der Waals surface area contributed by atoms with Crippen molar-refractivity contribution in [2.24, 2.45) is 0 Å². The third kappa shape index (κ3) is 2.84. The first-order chi connectivity index (χ1) is 12.6. The average molecular weight is 373 g/mol. The average Bonchev–Trinajstić information content (AvgIpc) is 3.00. The predicted octanol–water partition coefficient (Wildman–Crippen LogP) is 4.15. The molecule has 0 aliphatic carbocycles. The van der Waals surface area contributed by atoms with Crippen molar-refractivity contribution in [3.8, 4) is 5.69 Å². The lowest BCUT2D eigenvalue weighted by Gasteiger charge is -2.27. The minimum absolute atomic E-state index is 0.0852. The number of amides is 1. The van der Waals surface area contributed by atoms with E-state index in [2.05, 4.69) is 10.1 Å². The summed E-state index contributed by atoms with van der Waals surface area (Å²) in [4.78, 5) is 19.1. The van der Waals surface area contributed by atoms with Crippen LogP contribution in [0.3, 0.4) is 0 Å². The largest absolute Gasteiger partial charge is 0.339 e. The predicted molar refractivity (Wildman–Crippen MR) is 98.3 cm³/mol. The molecule has 3 heterocycles. The van der Waals surface area contributed by atoms with E-state index >= 15 is 0 Å². The molecule has 7 heteroatoms. The third-order valence-corrected chi connectivity index (χ3v) is 5.15. The Morgan fingerprint density at radius 1 is 1.15 bits per heavy atom. The van der Waals surface area contributed by atoms with Crippen molar-refractivity contribution in [1.29, 1.82) is 0 Å². The topological polar surface area (TPSA) is 51.0 Å². The molecule has 0 radical (unpaired) electrons. The van der Waals surface area contributed by atoms with Gasteiger partial charge in [0.05, 0.1) is 27.4 Å². The Bertz CT molecular complexity index is 977. The molecule has 1 aromatic carbocycles. The first-order valence-corrected chi connectivity index (χ1v) is 9.03. The zero-order valence-corrected chi connectivity index (χ0v) is 15.1. The Labute approximate surface area is 155 Å². The fraction of sp³-hybridized carbons (Fsp3) is 0.316. The van der Waals surface area contributed by atoms with Crippen LogP contribution in [0.4, 0.5) is 4.39 Å². The highest BCUT2D eigenvalue weighted by Gasteiger charge is 2.24. The molecule has 4 rings (SSSR count). The smallest absolute Gasteiger partial charge is 0.256 e. The number of likely N-dealkylation sites (tertiary alicyclic amines) is 1. The Kier molecular flexibility index (Phi) is 4.36. The van der Waals surface area contributed by atoms with Crippen molar-refractivity contribution < 1.29 is 9.18 Å². The second kappa shape index (κ2) is 6.68. The van der Waals surface area contributed by atoms with E-state index in [-0.39, 0.29) is 11.7 Å². The molecule has 1 aliphatic heterocycles. The summed E-state index contributed by atoms with van der Waals surface area (Å²) in [5, 5.41) is 5.51. The van der Waals surface area contributed by atoms with Gasteiger partial charge in [-0.2, -0.15) is 5.10 Å². The number of carbonyl (C=O) groups is 1. The Morgan fingerprint density at radius 2 is 1.85 bits per heavy atom. The molecule has 1 fully saturated rings. The molecule has 1 amide bonds. The third-order valence-electron chi connectivity index (χ3n) is 4.75. The van der Waals surface area contributed by atoms with E-state index in [0.717, 1.165) is 32.4 Å². The molecule has 2 aromatic heterocycles. The summed E-state index contributed by atoms with van der Waals surface area (Å²) in [5.74, 6) is -0.402. The number of hydrogen-bond donors (Lipinski definition) is 0. The minimum Gasteiger partial charge on any atom is -0.339 e. The van der Waals surface area contributed by atoms with Crippen LogP contribution in [0.15, 0.2) is 30.5 Å². The summed E-state index contributed by atoms with van der Waals surface area (Å²) >= 11 is 6.59. The molecular weight excluding hydrogens is 355 g/mol. The van der Waals surface area contributed by atoms with Crippen LogP contribution in [-0.4, -0.2) is 38.7 Å². The quantitative estimate of drug-likeness (QED) is 0.679. The van der Waals surface area contributed by atoms with Gasteiger partial charge in [0, 0.05) is 19.3 Å². The second-order valence-corrected chi connectivity index (χ2v) is 6.89. The number of nitrogens with zero attached hydrogens (tertiary/aromatic N) is 4. The normalized spacial score (nSPS) is 14.8. The molecule has 0 saturated carbocycles. The number of benzene rings is 1. The number of hydrogen-bond acceptors (Lipinski definition) is 3. The number of aryl methyl sites for hydroxylation is 1. The lowest BCUT2D eigenvalue weighted by molar-refractivity contribution is 0.0724. The number of aromatic nitrogens is 3. The fourth-order valence-electron chi connectivity index (χ4n) is 3.39. The first kappa shape index (κ1) is 17.0. The SMILES string of the molecule is Cc1nn(-c2ccc(F)cc2)c2ncc(C(=O)N3CCCCC3)c(Cl)c12. The van der Waals surface area contributed by atoms with Gasteiger partial charge in [0.1, 0.15) is 5.82 Å². The Balaban J connectivity index is 1.80. The minimum atomic E-state index is -0.317. The van der Waals surface area contributed by atoms with Crippen LogP contribution >= 0.6 is 11.6 Å². The molecule has 26 heavy (non-hydrogen) atoms. The highest BCUT2D eigenvalue weighted by Crippen LogP contribution is 2.31. The molecule has 0 atom stereocenters. The number of pyridine rings is 1. The molecule has 1 saturated heterocycles. The molecule has 3 aromatic rings. The van der Waals surface area contributed by atoms with Gasteiger partial charge in [0.25, 0.3) is 5.91 Å². The fourth-order valence-corrected chi connectivity index (χ4v) is 3.74. The van der Waals surface area contributed by atoms with E-state index in [0.29, 0.717) is 33.0 Å². The van der Waals surface area contributed by atoms with Crippen LogP contribution in [0, 0.1) is 12.7 Å². The molecule has 5 nitrogen and oxygen atoms in total. The Hall–Kier alpha value is -2.47. The number of carbonyl (C=O) groups excluding carboxylic acids is 1. The summed E-state index contributed by atoms with van der Waals surface area (Å²) in [7, 11) is 0. The molecule has 0 N–H and O–H groups in total. The zero-order valence-electron chi connectivity index (χ0n) is 14.4. The molecule has 0 spiro atoms. The van der Waals surface area contributed by atoms with Gasteiger partial charge in [-0.3, -0.25) is 4.79 Å². The highest BCUT2D eigenvalue weighted by atomic mass is 35.5. The van der Waals surface area contributed by atoms with Crippen LogP contribution in [0.5, 0.6) is 0 Å².